The van der Waals surface area contributed by atoms with Crippen LogP contribution in [0.1, 0.15) is 39.4 Å². The van der Waals surface area contributed by atoms with Gasteiger partial charge in [0.05, 0.1) is 19.1 Å². The molecule has 1 unspecified atom stereocenters. The monoisotopic (exact) mass is 465 g/mol. The third-order valence-corrected chi connectivity index (χ3v) is 5.59. The molecule has 0 bridgehead atoms. The van der Waals surface area contributed by atoms with Gasteiger partial charge in [0.25, 0.3) is 0 Å². The van der Waals surface area contributed by atoms with Crippen molar-refractivity contribution in [3.05, 3.63) is 82.7 Å². The minimum atomic E-state index is -3.02. The zero-order chi connectivity index (χ0) is 23.8. The number of halogens is 2. The van der Waals surface area contributed by atoms with Crippen LogP contribution < -0.4 is 14.2 Å². The van der Waals surface area contributed by atoms with Crippen molar-refractivity contribution in [3.8, 4) is 23.1 Å². The Labute approximate surface area is 192 Å². The van der Waals surface area contributed by atoms with Crippen LogP contribution in [0.25, 0.3) is 6.08 Å². The SMILES string of the molecule is COC(=O)CC1c2cccnc2Oc2ccc3c(c21)O/C(=C\c1ccccc1OC(F)F)C3=O. The summed E-state index contributed by atoms with van der Waals surface area (Å²) in [5.41, 5.74) is 1.68. The second-order valence-corrected chi connectivity index (χ2v) is 7.54. The molecule has 2 aromatic carbocycles. The molecule has 1 aromatic heterocycles. The summed E-state index contributed by atoms with van der Waals surface area (Å²) in [6.45, 7) is -3.02. The third-order valence-electron chi connectivity index (χ3n) is 5.59. The first-order valence-electron chi connectivity index (χ1n) is 10.3. The third kappa shape index (κ3) is 3.75. The number of methoxy groups -OCH3 is 1. The predicted octanol–water partition coefficient (Wildman–Crippen LogP) is 5.10. The van der Waals surface area contributed by atoms with Crippen LogP contribution in [-0.2, 0) is 9.53 Å². The van der Waals surface area contributed by atoms with Gasteiger partial charge in [-0.25, -0.2) is 4.98 Å². The number of allylic oxidation sites excluding steroid dienone is 1. The van der Waals surface area contributed by atoms with Gasteiger partial charge in [-0.1, -0.05) is 24.3 Å². The largest absolute Gasteiger partial charge is 0.469 e. The van der Waals surface area contributed by atoms with Crippen LogP contribution in [-0.4, -0.2) is 30.5 Å². The lowest BCUT2D eigenvalue weighted by molar-refractivity contribution is -0.140. The lowest BCUT2D eigenvalue weighted by Crippen LogP contribution is -2.16. The highest BCUT2D eigenvalue weighted by Gasteiger charge is 2.39. The molecule has 0 spiro atoms. The average Bonchev–Trinajstić information content (AvgIpc) is 3.14. The number of hydrogen-bond acceptors (Lipinski definition) is 7. The molecule has 0 fully saturated rings. The zero-order valence-corrected chi connectivity index (χ0v) is 17.8. The molecule has 0 N–H and O–H groups in total. The zero-order valence-electron chi connectivity index (χ0n) is 17.8. The number of fused-ring (bicyclic) bond motifs is 4. The van der Waals surface area contributed by atoms with Gasteiger partial charge in [0.2, 0.25) is 11.7 Å². The number of Topliss-reactive ketones (excluding diaryl/α,β-unsaturated/α-hetero) is 1. The molecule has 5 rings (SSSR count). The number of hydrogen-bond donors (Lipinski definition) is 0. The van der Waals surface area contributed by atoms with Gasteiger partial charge in [-0.05, 0) is 30.3 Å². The van der Waals surface area contributed by atoms with E-state index in [1.165, 1.54) is 25.3 Å². The maximum atomic E-state index is 13.1. The van der Waals surface area contributed by atoms with Crippen molar-refractivity contribution in [2.24, 2.45) is 0 Å². The normalized spacial score (nSPS) is 16.9. The van der Waals surface area contributed by atoms with E-state index in [0.29, 0.717) is 22.8 Å². The Morgan fingerprint density at radius 1 is 1.15 bits per heavy atom. The van der Waals surface area contributed by atoms with E-state index in [4.69, 9.17) is 14.2 Å². The lowest BCUT2D eigenvalue weighted by atomic mass is 9.85. The number of ether oxygens (including phenoxy) is 4. The first-order valence-corrected chi connectivity index (χ1v) is 10.3. The Bertz CT molecular complexity index is 1340. The van der Waals surface area contributed by atoms with E-state index in [0.717, 1.165) is 0 Å². The summed E-state index contributed by atoms with van der Waals surface area (Å²) < 4.78 is 46.9. The van der Waals surface area contributed by atoms with Gasteiger partial charge >= 0.3 is 12.6 Å². The van der Waals surface area contributed by atoms with Crippen molar-refractivity contribution < 1.29 is 37.3 Å². The number of alkyl halides is 2. The fourth-order valence-corrected chi connectivity index (χ4v) is 4.09. The molecule has 0 saturated carbocycles. The van der Waals surface area contributed by atoms with Gasteiger partial charge in [-0.2, -0.15) is 8.78 Å². The molecule has 1 atom stereocenters. The van der Waals surface area contributed by atoms with Crippen LogP contribution in [0.2, 0.25) is 0 Å². The number of nitrogens with zero attached hydrogens (tertiary/aromatic N) is 1. The fourth-order valence-electron chi connectivity index (χ4n) is 4.09. The second kappa shape index (κ2) is 8.58. The molecule has 3 heterocycles. The second-order valence-electron chi connectivity index (χ2n) is 7.54. The molecule has 2 aliphatic rings. The topological polar surface area (TPSA) is 84.0 Å². The number of aromatic nitrogens is 1. The van der Waals surface area contributed by atoms with Crippen LogP contribution in [0, 0.1) is 0 Å². The number of pyridine rings is 1. The van der Waals surface area contributed by atoms with Gasteiger partial charge in [0.15, 0.2) is 5.76 Å². The van der Waals surface area contributed by atoms with Gasteiger partial charge < -0.3 is 18.9 Å². The van der Waals surface area contributed by atoms with Crippen LogP contribution in [0.4, 0.5) is 8.78 Å². The molecule has 0 aliphatic carbocycles. The quantitative estimate of drug-likeness (QED) is 0.383. The summed E-state index contributed by atoms with van der Waals surface area (Å²) in [6, 6.07) is 12.8. The van der Waals surface area contributed by atoms with E-state index < -0.39 is 24.3 Å². The molecule has 172 valence electrons. The fraction of sp³-hybridized carbons (Fsp3) is 0.160. The van der Waals surface area contributed by atoms with E-state index >= 15 is 0 Å². The van der Waals surface area contributed by atoms with Crippen molar-refractivity contribution in [1.82, 2.24) is 4.98 Å². The summed E-state index contributed by atoms with van der Waals surface area (Å²) in [5, 5.41) is 0. The summed E-state index contributed by atoms with van der Waals surface area (Å²) >= 11 is 0. The van der Waals surface area contributed by atoms with E-state index in [2.05, 4.69) is 9.72 Å². The Balaban J connectivity index is 1.59. The number of rotatable bonds is 5. The lowest BCUT2D eigenvalue weighted by Gasteiger charge is -2.27. The van der Waals surface area contributed by atoms with Crippen molar-refractivity contribution in [2.45, 2.75) is 19.0 Å². The van der Waals surface area contributed by atoms with Gasteiger partial charge in [0.1, 0.15) is 17.2 Å². The van der Waals surface area contributed by atoms with Crippen LogP contribution in [0.5, 0.6) is 23.1 Å². The number of para-hydroxylation sites is 1. The van der Waals surface area contributed by atoms with E-state index in [9.17, 15) is 18.4 Å². The average molecular weight is 465 g/mol. The Hall–Kier alpha value is -4.27. The summed E-state index contributed by atoms with van der Waals surface area (Å²) in [7, 11) is 1.29. The van der Waals surface area contributed by atoms with Crippen LogP contribution >= 0.6 is 0 Å². The maximum Gasteiger partial charge on any atom is 0.387 e. The Kier molecular flexibility index (Phi) is 5.45. The van der Waals surface area contributed by atoms with Crippen molar-refractivity contribution in [2.75, 3.05) is 7.11 Å². The highest BCUT2D eigenvalue weighted by atomic mass is 19.3. The molecule has 2 aliphatic heterocycles. The molecule has 9 heteroatoms. The molecule has 7 nitrogen and oxygen atoms in total. The predicted molar refractivity (Wildman–Crippen MR) is 115 cm³/mol. The molecule has 0 amide bonds. The Morgan fingerprint density at radius 2 is 1.97 bits per heavy atom. The standard InChI is InChI=1S/C25H17F2NO6/c1-31-20(29)12-16-14-6-4-10-28-24(14)33-18-9-8-15-22(30)19(32-23(15)21(16)18)11-13-5-2-3-7-17(13)34-25(26)27/h2-11,16,25H,12H2,1H3/b19-11-. The molecule has 0 radical (unpaired) electrons. The molecule has 3 aromatic rings. The van der Waals surface area contributed by atoms with Gasteiger partial charge in [-0.3, -0.25) is 9.59 Å². The summed E-state index contributed by atoms with van der Waals surface area (Å²) in [5.74, 6) is -0.590. The minimum absolute atomic E-state index is 0.0241. The van der Waals surface area contributed by atoms with Crippen LogP contribution in [0.15, 0.2) is 60.5 Å². The number of ketones is 1. The van der Waals surface area contributed by atoms with Gasteiger partial charge in [-0.15, -0.1) is 0 Å². The molecule has 0 saturated heterocycles. The van der Waals surface area contributed by atoms with E-state index in [1.807, 2.05) is 0 Å². The number of esters is 1. The highest BCUT2D eigenvalue weighted by Crippen LogP contribution is 2.52. The molecular formula is C25H17F2NO6. The van der Waals surface area contributed by atoms with Crippen molar-refractivity contribution in [3.63, 3.8) is 0 Å². The molecular weight excluding hydrogens is 448 g/mol. The van der Waals surface area contributed by atoms with E-state index in [-0.39, 0.29) is 34.8 Å². The van der Waals surface area contributed by atoms with Crippen molar-refractivity contribution >= 4 is 17.8 Å². The first kappa shape index (κ1) is 21.6. The minimum Gasteiger partial charge on any atom is -0.469 e. The number of carbonyl (C=O) groups is 2. The highest BCUT2D eigenvalue weighted by molar-refractivity contribution is 6.15. The molecule has 34 heavy (non-hydrogen) atoms. The maximum absolute atomic E-state index is 13.1. The summed E-state index contributed by atoms with van der Waals surface area (Å²) in [6.07, 6.45) is 2.90. The number of benzene rings is 2. The van der Waals surface area contributed by atoms with Gasteiger partial charge in [0, 0.05) is 28.8 Å². The summed E-state index contributed by atoms with van der Waals surface area (Å²) in [4.78, 5) is 29.6. The van der Waals surface area contributed by atoms with Crippen LogP contribution in [0.3, 0.4) is 0 Å². The van der Waals surface area contributed by atoms with Crippen molar-refractivity contribution in [1.29, 1.82) is 0 Å². The van der Waals surface area contributed by atoms with E-state index in [1.54, 1.807) is 42.6 Å². The smallest absolute Gasteiger partial charge is 0.387 e. The number of carbonyl (C=O) groups excluding carboxylic acids is 2. The first-order chi connectivity index (χ1) is 16.5. The Morgan fingerprint density at radius 3 is 2.76 bits per heavy atom.